The normalized spacial score (nSPS) is 15.2. The van der Waals surface area contributed by atoms with E-state index in [1.165, 1.54) is 5.56 Å². The highest BCUT2D eigenvalue weighted by molar-refractivity contribution is 5.94. The van der Waals surface area contributed by atoms with E-state index in [0.29, 0.717) is 18.7 Å². The molecule has 0 saturated carbocycles. The Kier molecular flexibility index (Phi) is 8.25. The van der Waals surface area contributed by atoms with Gasteiger partial charge in [0.2, 0.25) is 0 Å². The fourth-order valence-electron chi connectivity index (χ4n) is 3.10. The van der Waals surface area contributed by atoms with Crippen LogP contribution in [0.4, 0.5) is 0 Å². The van der Waals surface area contributed by atoms with Crippen LogP contribution in [0.15, 0.2) is 48.5 Å². The van der Waals surface area contributed by atoms with Gasteiger partial charge >= 0.3 is 0 Å². The lowest BCUT2D eigenvalue weighted by atomic mass is 10.1. The number of nitrogens with one attached hydrogen (secondary N) is 1. The van der Waals surface area contributed by atoms with Gasteiger partial charge in [-0.05, 0) is 35.9 Å². The molecule has 0 bridgehead atoms. The molecule has 1 aliphatic heterocycles. The van der Waals surface area contributed by atoms with E-state index in [1.54, 1.807) is 0 Å². The van der Waals surface area contributed by atoms with Gasteiger partial charge in [0.05, 0.1) is 0 Å². The van der Waals surface area contributed by atoms with E-state index >= 15 is 0 Å². The molecule has 6 heteroatoms. The largest absolute Gasteiger partial charge is 0.348 e. The van der Waals surface area contributed by atoms with E-state index in [4.69, 9.17) is 5.73 Å². The Morgan fingerprint density at radius 1 is 0.926 bits per heavy atom. The fourth-order valence-corrected chi connectivity index (χ4v) is 3.10. The lowest BCUT2D eigenvalue weighted by Gasteiger charge is -2.32. The van der Waals surface area contributed by atoms with Crippen molar-refractivity contribution in [3.05, 3.63) is 70.8 Å². The molecule has 1 saturated heterocycles. The summed E-state index contributed by atoms with van der Waals surface area (Å²) in [5.74, 6) is -0.0601. The molecule has 0 aromatic heterocycles. The van der Waals surface area contributed by atoms with Crippen LogP contribution in [0, 0.1) is 0 Å². The molecular formula is C21H29ClN4O. The van der Waals surface area contributed by atoms with E-state index in [9.17, 15) is 4.79 Å². The highest BCUT2D eigenvalue weighted by atomic mass is 35.5. The van der Waals surface area contributed by atoms with Crippen molar-refractivity contribution in [2.24, 2.45) is 5.73 Å². The molecule has 5 nitrogen and oxygen atoms in total. The number of carbonyl (C=O) groups excluding carboxylic acids is 1. The van der Waals surface area contributed by atoms with Gasteiger partial charge in [0.1, 0.15) is 0 Å². The minimum Gasteiger partial charge on any atom is -0.348 e. The summed E-state index contributed by atoms with van der Waals surface area (Å²) in [6, 6.07) is 15.9. The van der Waals surface area contributed by atoms with Crippen LogP contribution >= 0.6 is 12.4 Å². The van der Waals surface area contributed by atoms with Crippen LogP contribution in [-0.4, -0.2) is 48.9 Å². The first-order valence-corrected chi connectivity index (χ1v) is 9.20. The lowest BCUT2D eigenvalue weighted by Crippen LogP contribution is -2.43. The third-order valence-corrected chi connectivity index (χ3v) is 4.93. The molecule has 1 amide bonds. The van der Waals surface area contributed by atoms with Gasteiger partial charge in [-0.3, -0.25) is 9.69 Å². The molecule has 1 aliphatic rings. The zero-order valence-electron chi connectivity index (χ0n) is 15.9. The SMILES string of the molecule is CN1CCN(Cc2ccc(CNC(=O)c3ccc(CN)cc3)cc2)CC1.Cl. The van der Waals surface area contributed by atoms with Crippen molar-refractivity contribution in [1.29, 1.82) is 0 Å². The Morgan fingerprint density at radius 3 is 2.07 bits per heavy atom. The fraction of sp³-hybridized carbons (Fsp3) is 0.381. The van der Waals surface area contributed by atoms with Crippen molar-refractivity contribution in [1.82, 2.24) is 15.1 Å². The number of halogens is 1. The molecule has 0 spiro atoms. The average Bonchev–Trinajstić information content (AvgIpc) is 2.69. The van der Waals surface area contributed by atoms with E-state index in [0.717, 1.165) is 43.9 Å². The van der Waals surface area contributed by atoms with Gasteiger partial charge < -0.3 is 16.0 Å². The number of amides is 1. The summed E-state index contributed by atoms with van der Waals surface area (Å²) in [5.41, 5.74) is 9.70. The van der Waals surface area contributed by atoms with Gasteiger partial charge in [0.25, 0.3) is 5.91 Å². The van der Waals surface area contributed by atoms with Gasteiger partial charge in [-0.25, -0.2) is 0 Å². The van der Waals surface area contributed by atoms with E-state index in [-0.39, 0.29) is 18.3 Å². The number of likely N-dealkylation sites (N-methyl/N-ethyl adjacent to an activating group) is 1. The van der Waals surface area contributed by atoms with Crippen LogP contribution in [0.25, 0.3) is 0 Å². The maximum absolute atomic E-state index is 12.2. The second kappa shape index (κ2) is 10.4. The topological polar surface area (TPSA) is 61.6 Å². The predicted molar refractivity (Wildman–Crippen MR) is 112 cm³/mol. The van der Waals surface area contributed by atoms with Gasteiger partial charge in [0, 0.05) is 51.4 Å². The highest BCUT2D eigenvalue weighted by Gasteiger charge is 2.13. The summed E-state index contributed by atoms with van der Waals surface area (Å²) in [6.07, 6.45) is 0. The minimum atomic E-state index is -0.0601. The number of hydrogen-bond donors (Lipinski definition) is 2. The van der Waals surface area contributed by atoms with Crippen LogP contribution in [0.2, 0.25) is 0 Å². The van der Waals surface area contributed by atoms with Crippen molar-refractivity contribution in [2.45, 2.75) is 19.6 Å². The third kappa shape index (κ3) is 6.33. The summed E-state index contributed by atoms with van der Waals surface area (Å²) >= 11 is 0. The lowest BCUT2D eigenvalue weighted by molar-refractivity contribution is 0.0951. The van der Waals surface area contributed by atoms with Crippen LogP contribution in [0.5, 0.6) is 0 Å². The van der Waals surface area contributed by atoms with Crippen molar-refractivity contribution in [3.8, 4) is 0 Å². The van der Waals surface area contributed by atoms with Gasteiger partial charge in [-0.2, -0.15) is 0 Å². The number of nitrogens with zero attached hydrogens (tertiary/aromatic N) is 2. The minimum absolute atomic E-state index is 0. The molecule has 3 N–H and O–H groups in total. The molecule has 27 heavy (non-hydrogen) atoms. The van der Waals surface area contributed by atoms with E-state index < -0.39 is 0 Å². The molecule has 146 valence electrons. The Balaban J connectivity index is 0.00000261. The van der Waals surface area contributed by atoms with Crippen molar-refractivity contribution in [3.63, 3.8) is 0 Å². The summed E-state index contributed by atoms with van der Waals surface area (Å²) in [5, 5.41) is 2.97. The summed E-state index contributed by atoms with van der Waals surface area (Å²) in [6.45, 7) is 6.53. The number of rotatable bonds is 6. The second-order valence-electron chi connectivity index (χ2n) is 6.98. The van der Waals surface area contributed by atoms with Gasteiger partial charge in [-0.1, -0.05) is 36.4 Å². The molecule has 0 atom stereocenters. The summed E-state index contributed by atoms with van der Waals surface area (Å²) < 4.78 is 0. The Bertz CT molecular complexity index is 710. The van der Waals surface area contributed by atoms with Crippen LogP contribution in [-0.2, 0) is 19.6 Å². The first kappa shape index (κ1) is 21.4. The summed E-state index contributed by atoms with van der Waals surface area (Å²) in [7, 11) is 2.17. The van der Waals surface area contributed by atoms with Crippen molar-refractivity contribution < 1.29 is 4.79 Å². The van der Waals surface area contributed by atoms with Crippen molar-refractivity contribution >= 4 is 18.3 Å². The van der Waals surface area contributed by atoms with Gasteiger partial charge in [0.15, 0.2) is 0 Å². The molecule has 0 radical (unpaired) electrons. The average molecular weight is 389 g/mol. The maximum atomic E-state index is 12.2. The number of benzene rings is 2. The predicted octanol–water partition coefficient (Wildman–Crippen LogP) is 2.24. The smallest absolute Gasteiger partial charge is 0.251 e. The van der Waals surface area contributed by atoms with Crippen molar-refractivity contribution in [2.75, 3.05) is 33.2 Å². The number of piperazine rings is 1. The molecule has 0 unspecified atom stereocenters. The highest BCUT2D eigenvalue weighted by Crippen LogP contribution is 2.10. The molecule has 1 fully saturated rings. The standard InChI is InChI=1S/C21H28N4O.ClH/c1-24-10-12-25(13-11-24)16-19-4-2-18(3-5-19)15-23-21(26)20-8-6-17(14-22)7-9-20;/h2-9H,10-16,22H2,1H3,(H,23,26);1H. The number of carbonyl (C=O) groups is 1. The van der Waals surface area contributed by atoms with E-state index in [2.05, 4.69) is 46.4 Å². The van der Waals surface area contributed by atoms with Crippen LogP contribution in [0.3, 0.4) is 0 Å². The van der Waals surface area contributed by atoms with E-state index in [1.807, 2.05) is 24.3 Å². The molecule has 0 aliphatic carbocycles. The van der Waals surface area contributed by atoms with Gasteiger partial charge in [-0.15, -0.1) is 12.4 Å². The first-order valence-electron chi connectivity index (χ1n) is 9.20. The monoisotopic (exact) mass is 388 g/mol. The molecule has 3 rings (SSSR count). The maximum Gasteiger partial charge on any atom is 0.251 e. The molecule has 1 heterocycles. The zero-order chi connectivity index (χ0) is 18.4. The second-order valence-corrected chi connectivity index (χ2v) is 6.98. The zero-order valence-corrected chi connectivity index (χ0v) is 16.7. The number of nitrogens with two attached hydrogens (primary N) is 1. The molecule has 2 aromatic rings. The molecule has 2 aromatic carbocycles. The summed E-state index contributed by atoms with van der Waals surface area (Å²) in [4.78, 5) is 17.1. The third-order valence-electron chi connectivity index (χ3n) is 4.93. The van der Waals surface area contributed by atoms with Crippen LogP contribution in [0.1, 0.15) is 27.0 Å². The Labute approximate surface area is 167 Å². The molecular weight excluding hydrogens is 360 g/mol. The Morgan fingerprint density at radius 2 is 1.48 bits per heavy atom. The van der Waals surface area contributed by atoms with Crippen LogP contribution < -0.4 is 11.1 Å². The first-order chi connectivity index (χ1) is 12.6. The number of hydrogen-bond acceptors (Lipinski definition) is 4. The quantitative estimate of drug-likeness (QED) is 0.796. The Hall–Kier alpha value is -1.92.